The highest BCUT2D eigenvalue weighted by Crippen LogP contribution is 2.36. The van der Waals surface area contributed by atoms with Gasteiger partial charge in [-0.05, 0) is 85.8 Å². The van der Waals surface area contributed by atoms with E-state index >= 15 is 0 Å². The Hall–Kier alpha value is -3.99. The van der Waals surface area contributed by atoms with Crippen LogP contribution in [0.3, 0.4) is 0 Å². The number of hydrogen-bond acceptors (Lipinski definition) is 5. The SMILES string of the molecule is Cc1ccc(NC(=O)c2ccc3c(c2)CC[C@H]3N2CCN(C)CC2)cc1C#Cc1cnc2cccnn12. The standard InChI is InChI=1S/C30H30N6O/c1-21-5-9-25(19-22(21)6-10-26-20-31-29-4-3-13-32-36(26)29)33-30(37)24-7-11-27-23(18-24)8-12-28(27)35-16-14-34(2)15-17-35/h3-5,7,9,11,13,18-20,28H,8,12,14-17H2,1-2H3,(H,33,37)/t28-/m1/s1. The third-order valence-corrected chi connectivity index (χ3v) is 7.53. The number of nitrogens with zero attached hydrogens (tertiary/aromatic N) is 5. The quantitative estimate of drug-likeness (QED) is 0.441. The summed E-state index contributed by atoms with van der Waals surface area (Å²) in [5.74, 6) is 6.29. The first-order valence-electron chi connectivity index (χ1n) is 12.8. The summed E-state index contributed by atoms with van der Waals surface area (Å²) >= 11 is 0. The molecule has 3 heterocycles. The molecular weight excluding hydrogens is 460 g/mol. The second-order valence-electron chi connectivity index (χ2n) is 9.98. The van der Waals surface area contributed by atoms with Crippen LogP contribution < -0.4 is 5.32 Å². The molecule has 2 aromatic heterocycles. The molecule has 0 saturated carbocycles. The predicted molar refractivity (Wildman–Crippen MR) is 145 cm³/mol. The van der Waals surface area contributed by atoms with Gasteiger partial charge in [-0.15, -0.1) is 0 Å². The van der Waals surface area contributed by atoms with Crippen molar-refractivity contribution in [1.82, 2.24) is 24.4 Å². The Morgan fingerprint density at radius 3 is 2.78 bits per heavy atom. The first-order chi connectivity index (χ1) is 18.0. The summed E-state index contributed by atoms with van der Waals surface area (Å²) < 4.78 is 1.72. The van der Waals surface area contributed by atoms with E-state index in [0.29, 0.717) is 11.6 Å². The fourth-order valence-corrected chi connectivity index (χ4v) is 5.33. The minimum atomic E-state index is -0.0976. The Morgan fingerprint density at radius 2 is 1.92 bits per heavy atom. The molecule has 0 spiro atoms. The third-order valence-electron chi connectivity index (χ3n) is 7.53. The molecule has 37 heavy (non-hydrogen) atoms. The van der Waals surface area contributed by atoms with E-state index in [2.05, 4.69) is 56.2 Å². The van der Waals surface area contributed by atoms with Gasteiger partial charge in [0.2, 0.25) is 0 Å². The number of benzene rings is 2. The molecule has 4 aromatic rings. The Labute approximate surface area is 217 Å². The number of carbonyl (C=O) groups is 1. The maximum atomic E-state index is 13.1. The van der Waals surface area contributed by atoms with Crippen molar-refractivity contribution < 1.29 is 4.79 Å². The minimum Gasteiger partial charge on any atom is -0.322 e. The van der Waals surface area contributed by atoms with Crippen molar-refractivity contribution in [3.8, 4) is 11.8 Å². The number of hydrogen-bond donors (Lipinski definition) is 1. The number of rotatable bonds is 3. The Balaban J connectivity index is 1.18. The number of aromatic nitrogens is 3. The van der Waals surface area contributed by atoms with Crippen LogP contribution in [0.4, 0.5) is 5.69 Å². The lowest BCUT2D eigenvalue weighted by Gasteiger charge is -2.36. The van der Waals surface area contributed by atoms with Crippen LogP contribution in [0.5, 0.6) is 0 Å². The van der Waals surface area contributed by atoms with E-state index in [-0.39, 0.29) is 5.91 Å². The summed E-state index contributed by atoms with van der Waals surface area (Å²) in [4.78, 5) is 22.5. The zero-order chi connectivity index (χ0) is 25.4. The maximum Gasteiger partial charge on any atom is 0.255 e. The van der Waals surface area contributed by atoms with E-state index in [9.17, 15) is 4.79 Å². The molecule has 7 heteroatoms. The highest BCUT2D eigenvalue weighted by molar-refractivity contribution is 6.04. The van der Waals surface area contributed by atoms with Gasteiger partial charge in [-0.1, -0.05) is 18.1 Å². The molecule has 6 rings (SSSR count). The van der Waals surface area contributed by atoms with Gasteiger partial charge in [-0.2, -0.15) is 5.10 Å². The largest absolute Gasteiger partial charge is 0.322 e. The van der Waals surface area contributed by atoms with Gasteiger partial charge in [-0.25, -0.2) is 9.50 Å². The average Bonchev–Trinajstić information content (AvgIpc) is 3.53. The second kappa shape index (κ2) is 9.81. The highest BCUT2D eigenvalue weighted by atomic mass is 16.1. The van der Waals surface area contributed by atoms with Crippen LogP contribution in [-0.2, 0) is 6.42 Å². The Kier molecular flexibility index (Phi) is 6.21. The number of nitrogens with one attached hydrogen (secondary N) is 1. The van der Waals surface area contributed by atoms with Crippen molar-refractivity contribution >= 4 is 17.2 Å². The summed E-state index contributed by atoms with van der Waals surface area (Å²) in [5, 5.41) is 7.38. The van der Waals surface area contributed by atoms with E-state index in [4.69, 9.17) is 0 Å². The molecule has 0 bridgehead atoms. The zero-order valence-corrected chi connectivity index (χ0v) is 21.2. The van der Waals surface area contributed by atoms with Crippen LogP contribution in [0, 0.1) is 18.8 Å². The smallest absolute Gasteiger partial charge is 0.255 e. The normalized spacial score (nSPS) is 17.8. The molecule has 1 amide bonds. The number of imidazole rings is 1. The lowest BCUT2D eigenvalue weighted by atomic mass is 10.0. The van der Waals surface area contributed by atoms with Gasteiger partial charge in [0.25, 0.3) is 5.91 Å². The molecule has 1 saturated heterocycles. The van der Waals surface area contributed by atoms with Crippen molar-refractivity contribution in [2.75, 3.05) is 38.5 Å². The van der Waals surface area contributed by atoms with Crippen molar-refractivity contribution in [3.63, 3.8) is 0 Å². The Bertz CT molecular complexity index is 1540. The predicted octanol–water partition coefficient (Wildman–Crippen LogP) is 3.92. The highest BCUT2D eigenvalue weighted by Gasteiger charge is 2.30. The van der Waals surface area contributed by atoms with E-state index in [1.807, 2.05) is 43.3 Å². The molecule has 2 aliphatic rings. The number of aryl methyl sites for hydroxylation is 2. The zero-order valence-electron chi connectivity index (χ0n) is 21.2. The lowest BCUT2D eigenvalue weighted by molar-refractivity contribution is 0.102. The van der Waals surface area contributed by atoms with Gasteiger partial charge in [0.15, 0.2) is 5.65 Å². The van der Waals surface area contributed by atoms with Gasteiger partial charge >= 0.3 is 0 Å². The molecule has 7 nitrogen and oxygen atoms in total. The van der Waals surface area contributed by atoms with Crippen molar-refractivity contribution in [1.29, 1.82) is 0 Å². The van der Waals surface area contributed by atoms with Crippen LogP contribution in [0.2, 0.25) is 0 Å². The van der Waals surface area contributed by atoms with Crippen molar-refractivity contribution in [3.05, 3.63) is 94.4 Å². The topological polar surface area (TPSA) is 65.8 Å². The molecule has 2 aromatic carbocycles. The number of likely N-dealkylation sites (N-methyl/N-ethyl adjacent to an activating group) is 1. The number of piperazine rings is 1. The van der Waals surface area contributed by atoms with Crippen LogP contribution >= 0.6 is 0 Å². The summed E-state index contributed by atoms with van der Waals surface area (Å²) in [5.41, 5.74) is 7.48. The molecule has 1 N–H and O–H groups in total. The number of amides is 1. The summed E-state index contributed by atoms with van der Waals surface area (Å²) in [6.07, 6.45) is 5.59. The third kappa shape index (κ3) is 4.74. The summed E-state index contributed by atoms with van der Waals surface area (Å²) in [6.45, 7) is 6.46. The first-order valence-corrected chi connectivity index (χ1v) is 12.8. The monoisotopic (exact) mass is 490 g/mol. The van der Waals surface area contributed by atoms with Crippen LogP contribution in [0.1, 0.15) is 50.8 Å². The van der Waals surface area contributed by atoms with Gasteiger partial charge in [0.05, 0.1) is 6.20 Å². The lowest BCUT2D eigenvalue weighted by Crippen LogP contribution is -2.45. The van der Waals surface area contributed by atoms with Crippen molar-refractivity contribution in [2.24, 2.45) is 0 Å². The molecule has 0 radical (unpaired) electrons. The van der Waals surface area contributed by atoms with E-state index < -0.39 is 0 Å². The van der Waals surface area contributed by atoms with E-state index in [1.54, 1.807) is 16.9 Å². The van der Waals surface area contributed by atoms with Gasteiger partial charge in [-0.3, -0.25) is 9.69 Å². The summed E-state index contributed by atoms with van der Waals surface area (Å²) in [6, 6.07) is 16.3. The molecule has 1 aliphatic heterocycles. The molecule has 186 valence electrons. The average molecular weight is 491 g/mol. The Morgan fingerprint density at radius 1 is 1.05 bits per heavy atom. The van der Waals surface area contributed by atoms with E-state index in [1.165, 1.54) is 11.1 Å². The van der Waals surface area contributed by atoms with Gasteiger partial charge < -0.3 is 10.2 Å². The van der Waals surface area contributed by atoms with Gasteiger partial charge in [0, 0.05) is 55.2 Å². The minimum absolute atomic E-state index is 0.0976. The van der Waals surface area contributed by atoms with E-state index in [0.717, 1.165) is 67.2 Å². The van der Waals surface area contributed by atoms with Crippen LogP contribution in [-0.4, -0.2) is 63.5 Å². The molecule has 1 atom stereocenters. The second-order valence-corrected chi connectivity index (χ2v) is 9.98. The first kappa shape index (κ1) is 23.4. The number of carbonyl (C=O) groups excluding carboxylic acids is 1. The molecule has 1 aliphatic carbocycles. The number of fused-ring (bicyclic) bond motifs is 2. The van der Waals surface area contributed by atoms with Crippen molar-refractivity contribution in [2.45, 2.75) is 25.8 Å². The van der Waals surface area contributed by atoms with Crippen LogP contribution in [0.25, 0.3) is 5.65 Å². The summed E-state index contributed by atoms with van der Waals surface area (Å²) in [7, 11) is 2.19. The van der Waals surface area contributed by atoms with Crippen LogP contribution in [0.15, 0.2) is 60.9 Å². The fraction of sp³-hybridized carbons (Fsp3) is 0.300. The molecule has 1 fully saturated rings. The molecule has 0 unspecified atom stereocenters. The maximum absolute atomic E-state index is 13.1. The fourth-order valence-electron chi connectivity index (χ4n) is 5.33. The molecular formula is C30H30N6O. The van der Waals surface area contributed by atoms with Gasteiger partial charge in [0.1, 0.15) is 5.69 Å². The number of anilines is 1.